The molecule has 0 fully saturated rings. The molecule has 0 heterocycles. The third-order valence-corrected chi connectivity index (χ3v) is 2.11. The number of rotatable bonds is 3. The Morgan fingerprint density at radius 2 is 1.86 bits per heavy atom. The second-order valence-electron chi connectivity index (χ2n) is 4.12. The summed E-state index contributed by atoms with van der Waals surface area (Å²) in [5, 5.41) is 18.1. The maximum atomic E-state index is 9.53. The van der Waals surface area contributed by atoms with Crippen LogP contribution in [-0.2, 0) is 6.42 Å². The molecule has 14 heavy (non-hydrogen) atoms. The van der Waals surface area contributed by atoms with Crippen molar-refractivity contribution in [2.75, 3.05) is 0 Å². The fraction of sp³-hybridized carbons (Fsp3) is 0.417. The monoisotopic (exact) mass is 189 g/mol. The van der Waals surface area contributed by atoms with Crippen molar-refractivity contribution in [3.8, 4) is 6.07 Å². The minimum atomic E-state index is -0.617. The van der Waals surface area contributed by atoms with Gasteiger partial charge >= 0.3 is 0 Å². The molecule has 0 aromatic heterocycles. The van der Waals surface area contributed by atoms with Crippen molar-refractivity contribution in [3.05, 3.63) is 35.4 Å². The van der Waals surface area contributed by atoms with Crippen LogP contribution in [0.25, 0.3) is 0 Å². The number of nitriles is 1. The summed E-state index contributed by atoms with van der Waals surface area (Å²) >= 11 is 0. The van der Waals surface area contributed by atoms with Crippen LogP contribution >= 0.6 is 0 Å². The number of aryl methyl sites for hydroxylation is 1. The minimum absolute atomic E-state index is 0.617. The van der Waals surface area contributed by atoms with Gasteiger partial charge in [-0.05, 0) is 44.4 Å². The molecule has 0 saturated carbocycles. The Morgan fingerprint density at radius 3 is 2.29 bits per heavy atom. The average molecular weight is 189 g/mol. The molecule has 0 aliphatic heterocycles. The highest BCUT2D eigenvalue weighted by molar-refractivity contribution is 5.31. The van der Waals surface area contributed by atoms with Crippen LogP contribution in [0, 0.1) is 11.3 Å². The van der Waals surface area contributed by atoms with Crippen molar-refractivity contribution in [2.24, 2.45) is 0 Å². The van der Waals surface area contributed by atoms with E-state index in [-0.39, 0.29) is 0 Å². The Morgan fingerprint density at radius 1 is 1.29 bits per heavy atom. The molecular formula is C12H15NO. The van der Waals surface area contributed by atoms with Gasteiger partial charge in [-0.1, -0.05) is 12.1 Å². The molecule has 1 rings (SSSR count). The quantitative estimate of drug-likeness (QED) is 0.792. The Labute approximate surface area is 84.8 Å². The third-order valence-electron chi connectivity index (χ3n) is 2.11. The summed E-state index contributed by atoms with van der Waals surface area (Å²) in [7, 11) is 0. The second-order valence-corrected chi connectivity index (χ2v) is 4.12. The molecule has 1 aromatic carbocycles. The van der Waals surface area contributed by atoms with Crippen LogP contribution in [-0.4, -0.2) is 10.7 Å². The van der Waals surface area contributed by atoms with Crippen LogP contribution in [0.3, 0.4) is 0 Å². The van der Waals surface area contributed by atoms with Crippen molar-refractivity contribution in [1.29, 1.82) is 5.26 Å². The molecule has 0 radical (unpaired) electrons. The summed E-state index contributed by atoms with van der Waals surface area (Å²) in [5.74, 6) is 0. The zero-order valence-corrected chi connectivity index (χ0v) is 8.62. The highest BCUT2D eigenvalue weighted by Gasteiger charge is 2.11. The van der Waals surface area contributed by atoms with E-state index in [1.165, 1.54) is 0 Å². The summed E-state index contributed by atoms with van der Waals surface area (Å²) in [6.07, 6.45) is 1.58. The average Bonchev–Trinajstić information content (AvgIpc) is 2.14. The van der Waals surface area contributed by atoms with Crippen molar-refractivity contribution in [3.63, 3.8) is 0 Å². The molecule has 2 heteroatoms. The minimum Gasteiger partial charge on any atom is -0.390 e. The van der Waals surface area contributed by atoms with Crippen molar-refractivity contribution in [2.45, 2.75) is 32.3 Å². The van der Waals surface area contributed by atoms with Gasteiger partial charge in [0.2, 0.25) is 0 Å². The molecule has 1 N–H and O–H groups in total. The number of nitrogens with zero attached hydrogens (tertiary/aromatic N) is 1. The SMILES string of the molecule is CC(C)(O)CCc1ccc(C#N)cc1. The van der Waals surface area contributed by atoms with E-state index < -0.39 is 5.60 Å². The molecule has 0 saturated heterocycles. The van der Waals surface area contributed by atoms with E-state index in [0.29, 0.717) is 5.56 Å². The lowest BCUT2D eigenvalue weighted by molar-refractivity contribution is 0.0714. The lowest BCUT2D eigenvalue weighted by atomic mass is 9.98. The van der Waals surface area contributed by atoms with Crippen LogP contribution in [0.5, 0.6) is 0 Å². The van der Waals surface area contributed by atoms with Gasteiger partial charge in [-0.15, -0.1) is 0 Å². The number of benzene rings is 1. The van der Waals surface area contributed by atoms with E-state index >= 15 is 0 Å². The molecule has 0 atom stereocenters. The maximum Gasteiger partial charge on any atom is 0.0991 e. The van der Waals surface area contributed by atoms with Gasteiger partial charge in [0.1, 0.15) is 0 Å². The molecular weight excluding hydrogens is 174 g/mol. The predicted molar refractivity (Wildman–Crippen MR) is 55.8 cm³/mol. The highest BCUT2D eigenvalue weighted by Crippen LogP contribution is 2.13. The van der Waals surface area contributed by atoms with Crippen LogP contribution in [0.4, 0.5) is 0 Å². The molecule has 1 aromatic rings. The predicted octanol–water partition coefficient (Wildman–Crippen LogP) is 2.26. The fourth-order valence-corrected chi connectivity index (χ4v) is 1.20. The standard InChI is InChI=1S/C12H15NO/c1-12(2,14)8-7-10-3-5-11(9-13)6-4-10/h3-6,14H,7-8H2,1-2H3. The molecule has 0 spiro atoms. The normalized spacial score (nSPS) is 11.0. The zero-order chi connectivity index (χ0) is 10.6. The van der Waals surface area contributed by atoms with Crippen molar-refractivity contribution < 1.29 is 5.11 Å². The molecule has 0 bridgehead atoms. The molecule has 0 aliphatic rings. The Bertz CT molecular complexity index is 327. The maximum absolute atomic E-state index is 9.53. The first-order valence-electron chi connectivity index (χ1n) is 4.73. The van der Waals surface area contributed by atoms with E-state index in [2.05, 4.69) is 6.07 Å². The Balaban J connectivity index is 2.58. The van der Waals surface area contributed by atoms with Crippen LogP contribution < -0.4 is 0 Å². The first-order valence-corrected chi connectivity index (χ1v) is 4.73. The zero-order valence-electron chi connectivity index (χ0n) is 8.62. The summed E-state index contributed by atoms with van der Waals surface area (Å²) < 4.78 is 0. The van der Waals surface area contributed by atoms with Gasteiger partial charge in [-0.25, -0.2) is 0 Å². The fourth-order valence-electron chi connectivity index (χ4n) is 1.20. The first kappa shape index (κ1) is 10.7. The molecule has 74 valence electrons. The second kappa shape index (κ2) is 4.26. The lowest BCUT2D eigenvalue weighted by Gasteiger charge is -2.16. The molecule has 0 amide bonds. The summed E-state index contributed by atoms with van der Waals surface area (Å²) in [6, 6.07) is 9.56. The van der Waals surface area contributed by atoms with Crippen LogP contribution in [0.1, 0.15) is 31.4 Å². The number of hydrogen-bond donors (Lipinski definition) is 1. The molecule has 0 unspecified atom stereocenters. The van der Waals surface area contributed by atoms with E-state index in [4.69, 9.17) is 5.26 Å². The number of aliphatic hydroxyl groups is 1. The van der Waals surface area contributed by atoms with Gasteiger partial charge in [0.15, 0.2) is 0 Å². The van der Waals surface area contributed by atoms with E-state index in [9.17, 15) is 5.11 Å². The smallest absolute Gasteiger partial charge is 0.0991 e. The van der Waals surface area contributed by atoms with Crippen LogP contribution in [0.15, 0.2) is 24.3 Å². The third kappa shape index (κ3) is 3.59. The van der Waals surface area contributed by atoms with Gasteiger partial charge < -0.3 is 5.11 Å². The van der Waals surface area contributed by atoms with E-state index in [1.54, 1.807) is 26.0 Å². The van der Waals surface area contributed by atoms with Gasteiger partial charge in [-0.3, -0.25) is 0 Å². The molecule has 0 aliphatic carbocycles. The van der Waals surface area contributed by atoms with Gasteiger partial charge in [-0.2, -0.15) is 5.26 Å². The van der Waals surface area contributed by atoms with Gasteiger partial charge in [0, 0.05) is 0 Å². The van der Waals surface area contributed by atoms with Crippen LogP contribution in [0.2, 0.25) is 0 Å². The summed E-state index contributed by atoms with van der Waals surface area (Å²) in [6.45, 7) is 3.60. The van der Waals surface area contributed by atoms with Crippen molar-refractivity contribution in [1.82, 2.24) is 0 Å². The van der Waals surface area contributed by atoms with Crippen molar-refractivity contribution >= 4 is 0 Å². The largest absolute Gasteiger partial charge is 0.390 e. The van der Waals surface area contributed by atoms with E-state index in [0.717, 1.165) is 18.4 Å². The topological polar surface area (TPSA) is 44.0 Å². The lowest BCUT2D eigenvalue weighted by Crippen LogP contribution is -2.19. The van der Waals surface area contributed by atoms with E-state index in [1.807, 2.05) is 12.1 Å². The van der Waals surface area contributed by atoms with Gasteiger partial charge in [0.25, 0.3) is 0 Å². The van der Waals surface area contributed by atoms with Gasteiger partial charge in [0.05, 0.1) is 17.2 Å². The summed E-state index contributed by atoms with van der Waals surface area (Å²) in [5.41, 5.74) is 1.22. The Hall–Kier alpha value is -1.33. The number of hydrogen-bond acceptors (Lipinski definition) is 2. The first-order chi connectivity index (χ1) is 6.51. The molecule has 2 nitrogen and oxygen atoms in total. The summed E-state index contributed by atoms with van der Waals surface area (Å²) in [4.78, 5) is 0. The Kier molecular flexibility index (Phi) is 3.27. The highest BCUT2D eigenvalue weighted by atomic mass is 16.3.